The lowest BCUT2D eigenvalue weighted by atomic mass is 9.63. The number of hydrogen-bond acceptors (Lipinski definition) is 4. The van der Waals surface area contributed by atoms with Gasteiger partial charge in [0.25, 0.3) is 0 Å². The molecule has 43 heavy (non-hydrogen) atoms. The molecule has 0 unspecified atom stereocenters. The van der Waals surface area contributed by atoms with Crippen LogP contribution in [0.25, 0.3) is 0 Å². The summed E-state index contributed by atoms with van der Waals surface area (Å²) in [5, 5.41) is 21.2. The predicted molar refractivity (Wildman–Crippen MR) is 182 cm³/mol. The molecule has 0 heterocycles. The van der Waals surface area contributed by atoms with Crippen molar-refractivity contribution in [3.8, 4) is 0 Å². The molecule has 0 spiro atoms. The molecular formula is C38H65ClO4. The number of alkyl halides is 1. The molecule has 248 valence electrons. The Morgan fingerprint density at radius 2 is 1.51 bits per heavy atom. The van der Waals surface area contributed by atoms with Gasteiger partial charge in [-0.15, -0.1) is 11.6 Å². The topological polar surface area (TPSA) is 66.8 Å². The summed E-state index contributed by atoms with van der Waals surface area (Å²) in [6.07, 6.45) is 36.5. The second-order valence-corrected chi connectivity index (χ2v) is 13.9. The minimum absolute atomic E-state index is 0.0243. The lowest BCUT2D eigenvalue weighted by molar-refractivity contribution is -0.142. The van der Waals surface area contributed by atoms with Gasteiger partial charge in [0.1, 0.15) is 6.61 Å². The van der Waals surface area contributed by atoms with Gasteiger partial charge >= 0.3 is 5.97 Å². The Hall–Kier alpha value is -1.10. The van der Waals surface area contributed by atoms with Crippen molar-refractivity contribution in [3.05, 3.63) is 36.5 Å². The lowest BCUT2D eigenvalue weighted by Gasteiger charge is -2.45. The minimum atomic E-state index is -0.429. The largest absolute Gasteiger partial charge is 0.461 e. The molecule has 5 atom stereocenters. The van der Waals surface area contributed by atoms with E-state index >= 15 is 0 Å². The number of rotatable bonds is 25. The van der Waals surface area contributed by atoms with Crippen molar-refractivity contribution in [1.82, 2.24) is 0 Å². The highest BCUT2D eigenvalue weighted by molar-refractivity contribution is 6.21. The highest BCUT2D eigenvalue weighted by Gasteiger charge is 2.42. The smallest absolute Gasteiger partial charge is 0.306 e. The minimum Gasteiger partial charge on any atom is -0.461 e. The molecular weight excluding hydrogens is 556 g/mol. The van der Waals surface area contributed by atoms with Crippen LogP contribution >= 0.6 is 11.6 Å². The normalized spacial score (nSPS) is 24.3. The van der Waals surface area contributed by atoms with E-state index in [0.717, 1.165) is 44.9 Å². The van der Waals surface area contributed by atoms with Crippen molar-refractivity contribution >= 4 is 17.6 Å². The Kier molecular flexibility index (Phi) is 20.6. The first-order chi connectivity index (χ1) is 20.9. The maximum Gasteiger partial charge on any atom is 0.306 e. The zero-order valence-electron chi connectivity index (χ0n) is 27.7. The molecule has 2 aliphatic carbocycles. The van der Waals surface area contributed by atoms with Gasteiger partial charge in [-0.3, -0.25) is 4.79 Å². The molecule has 2 fully saturated rings. The zero-order valence-corrected chi connectivity index (χ0v) is 28.5. The Labute approximate surface area is 269 Å². The molecule has 2 N–H and O–H groups in total. The molecule has 2 rings (SSSR count). The van der Waals surface area contributed by atoms with Crippen LogP contribution < -0.4 is 0 Å². The van der Waals surface area contributed by atoms with Crippen LogP contribution in [0.5, 0.6) is 0 Å². The van der Waals surface area contributed by atoms with Crippen LogP contribution in [0.2, 0.25) is 0 Å². The third-order valence-corrected chi connectivity index (χ3v) is 10.7. The van der Waals surface area contributed by atoms with Crippen LogP contribution in [0.1, 0.15) is 155 Å². The molecule has 0 radical (unpaired) electrons. The highest BCUT2D eigenvalue weighted by Crippen LogP contribution is 2.48. The van der Waals surface area contributed by atoms with E-state index in [9.17, 15) is 15.0 Å². The Morgan fingerprint density at radius 1 is 0.884 bits per heavy atom. The maximum absolute atomic E-state index is 12.0. The van der Waals surface area contributed by atoms with Crippen molar-refractivity contribution in [1.29, 1.82) is 0 Å². The van der Waals surface area contributed by atoms with Gasteiger partial charge in [0.2, 0.25) is 0 Å². The van der Waals surface area contributed by atoms with E-state index in [1.807, 2.05) is 6.08 Å². The summed E-state index contributed by atoms with van der Waals surface area (Å²) in [7, 11) is 0. The fourth-order valence-corrected chi connectivity index (χ4v) is 7.35. The van der Waals surface area contributed by atoms with Crippen molar-refractivity contribution in [2.75, 3.05) is 6.61 Å². The Morgan fingerprint density at radius 3 is 2.14 bits per heavy atom. The molecule has 0 amide bonds. The molecule has 2 aliphatic rings. The molecule has 5 heteroatoms. The molecule has 0 aromatic rings. The van der Waals surface area contributed by atoms with E-state index in [1.165, 1.54) is 77.0 Å². The SMILES string of the molecule is CCCCCCCCCCCCCC=CCOC(=O)CCCC=CC[C@@H]1[C@@H](C=CC[C@H](O)C2(CC)CCC2)[C@H](O)C[C@H]1Cl. The molecule has 0 aromatic heterocycles. The first-order valence-electron chi connectivity index (χ1n) is 18.1. The van der Waals surface area contributed by atoms with Crippen molar-refractivity contribution in [2.45, 2.75) is 173 Å². The number of unbranched alkanes of at least 4 members (excludes halogenated alkanes) is 12. The van der Waals surface area contributed by atoms with Crippen LogP contribution in [-0.4, -0.2) is 40.4 Å². The fourth-order valence-electron chi connectivity index (χ4n) is 6.89. The number of allylic oxidation sites excluding steroid dienone is 3. The number of carbonyl (C=O) groups is 1. The van der Waals surface area contributed by atoms with E-state index in [0.29, 0.717) is 25.9 Å². The van der Waals surface area contributed by atoms with E-state index in [1.54, 1.807) is 0 Å². The van der Waals surface area contributed by atoms with Crippen molar-refractivity contribution < 1.29 is 19.7 Å². The van der Waals surface area contributed by atoms with Crippen LogP contribution in [0.4, 0.5) is 0 Å². The summed E-state index contributed by atoms with van der Waals surface area (Å²) in [5.41, 5.74) is 0.102. The molecule has 4 nitrogen and oxygen atoms in total. The fraction of sp³-hybridized carbons (Fsp3) is 0.816. The molecule has 0 aromatic carbocycles. The average Bonchev–Trinajstić information content (AvgIpc) is 3.23. The number of aliphatic hydroxyl groups excluding tert-OH is 2. The third-order valence-electron chi connectivity index (χ3n) is 10.2. The number of hydrogen-bond donors (Lipinski definition) is 2. The van der Waals surface area contributed by atoms with Crippen molar-refractivity contribution in [2.24, 2.45) is 17.3 Å². The third kappa shape index (κ3) is 15.2. The number of ether oxygens (including phenoxy) is 1. The standard InChI is InChI=1S/C38H65ClO4/c1-3-5-6-7-8-9-10-11-12-13-14-15-18-21-30-43-37(42)27-20-17-16-19-24-32-33(35(40)31-34(32)39)25-22-26-36(41)38(4-2)28-23-29-38/h16,18-19,21-22,25,32-36,40-41H,3-15,17,20,23-24,26-31H2,1-2H3/t32-,33-,34-,35-,36+/m1/s1. The molecule has 2 saturated carbocycles. The number of halogens is 1. The summed E-state index contributed by atoms with van der Waals surface area (Å²) in [6.45, 7) is 4.82. The average molecular weight is 621 g/mol. The summed E-state index contributed by atoms with van der Waals surface area (Å²) in [5.74, 6) is 0.0786. The summed E-state index contributed by atoms with van der Waals surface area (Å²) < 4.78 is 5.35. The summed E-state index contributed by atoms with van der Waals surface area (Å²) >= 11 is 6.61. The Bertz CT molecular complexity index is 796. The number of aliphatic hydroxyl groups is 2. The Balaban J connectivity index is 1.48. The van der Waals surface area contributed by atoms with Gasteiger partial charge in [-0.05, 0) is 75.5 Å². The van der Waals surface area contributed by atoms with Gasteiger partial charge in [0.05, 0.1) is 12.2 Å². The maximum atomic E-state index is 12.0. The first kappa shape index (κ1) is 38.1. The van der Waals surface area contributed by atoms with E-state index < -0.39 is 6.10 Å². The second kappa shape index (κ2) is 23.3. The quantitative estimate of drug-likeness (QED) is 0.0461. The number of carbonyl (C=O) groups excluding carboxylic acids is 1. The van der Waals surface area contributed by atoms with E-state index in [4.69, 9.17) is 16.3 Å². The first-order valence-corrected chi connectivity index (χ1v) is 18.5. The van der Waals surface area contributed by atoms with E-state index in [2.05, 4.69) is 44.2 Å². The molecule has 0 saturated heterocycles. The van der Waals surface area contributed by atoms with E-state index in [-0.39, 0.29) is 34.7 Å². The van der Waals surface area contributed by atoms with Gasteiger partial charge < -0.3 is 14.9 Å². The van der Waals surface area contributed by atoms with Gasteiger partial charge in [0, 0.05) is 17.7 Å². The van der Waals surface area contributed by atoms with Crippen LogP contribution in [0, 0.1) is 17.3 Å². The van der Waals surface area contributed by atoms with Gasteiger partial charge in [0.15, 0.2) is 0 Å². The monoisotopic (exact) mass is 620 g/mol. The van der Waals surface area contributed by atoms with Gasteiger partial charge in [-0.1, -0.05) is 121 Å². The highest BCUT2D eigenvalue weighted by atomic mass is 35.5. The van der Waals surface area contributed by atoms with Crippen LogP contribution in [-0.2, 0) is 9.53 Å². The number of esters is 1. The van der Waals surface area contributed by atoms with Gasteiger partial charge in [-0.2, -0.15) is 0 Å². The summed E-state index contributed by atoms with van der Waals surface area (Å²) in [6, 6.07) is 0. The predicted octanol–water partition coefficient (Wildman–Crippen LogP) is 10.4. The van der Waals surface area contributed by atoms with Crippen LogP contribution in [0.3, 0.4) is 0 Å². The summed E-state index contributed by atoms with van der Waals surface area (Å²) in [4.78, 5) is 12.0. The van der Waals surface area contributed by atoms with Crippen LogP contribution in [0.15, 0.2) is 36.5 Å². The van der Waals surface area contributed by atoms with Crippen molar-refractivity contribution in [3.63, 3.8) is 0 Å². The molecule has 0 bridgehead atoms. The second-order valence-electron chi connectivity index (χ2n) is 13.4. The lowest BCUT2D eigenvalue weighted by Crippen LogP contribution is -2.40. The van der Waals surface area contributed by atoms with Gasteiger partial charge in [-0.25, -0.2) is 0 Å². The molecule has 0 aliphatic heterocycles. The zero-order chi connectivity index (χ0) is 31.2.